The fraction of sp³-hybridized carbons (Fsp3) is 0.200. The molecule has 0 saturated heterocycles. The number of hydrogen-bond donors (Lipinski definition) is 1. The number of amides is 1. The van der Waals surface area contributed by atoms with Crippen molar-refractivity contribution in [3.05, 3.63) is 59.2 Å². The van der Waals surface area contributed by atoms with Crippen molar-refractivity contribution in [2.24, 2.45) is 0 Å². The van der Waals surface area contributed by atoms with Gasteiger partial charge < -0.3 is 10.1 Å². The van der Waals surface area contributed by atoms with Gasteiger partial charge in [0.25, 0.3) is 0 Å². The van der Waals surface area contributed by atoms with Crippen molar-refractivity contribution < 1.29 is 13.9 Å². The predicted octanol–water partition coefficient (Wildman–Crippen LogP) is 5.39. The minimum Gasteiger partial charge on any atom is -0.494 e. The van der Waals surface area contributed by atoms with Crippen LogP contribution in [-0.2, 0) is 4.79 Å². The highest BCUT2D eigenvalue weighted by Crippen LogP contribution is 2.31. The second-order valence-electron chi connectivity index (χ2n) is 5.67. The van der Waals surface area contributed by atoms with Gasteiger partial charge in [-0.1, -0.05) is 0 Å². The molecule has 0 radical (unpaired) electrons. The molecule has 0 aliphatic rings. The Hall–Kier alpha value is -2.38. The Bertz CT molecular complexity index is 909. The van der Waals surface area contributed by atoms with Crippen molar-refractivity contribution in [2.45, 2.75) is 18.7 Å². The zero-order valence-electron chi connectivity index (χ0n) is 15.0. The van der Waals surface area contributed by atoms with E-state index < -0.39 is 0 Å². The molecule has 1 amide bonds. The van der Waals surface area contributed by atoms with Crippen molar-refractivity contribution in [3.63, 3.8) is 0 Å². The zero-order chi connectivity index (χ0) is 19.2. The maximum absolute atomic E-state index is 12.9. The molecule has 7 heteroatoms. The van der Waals surface area contributed by atoms with Crippen LogP contribution in [0, 0.1) is 12.7 Å². The summed E-state index contributed by atoms with van der Waals surface area (Å²) in [4.78, 5) is 18.6. The van der Waals surface area contributed by atoms with Crippen molar-refractivity contribution >= 4 is 34.1 Å². The van der Waals surface area contributed by atoms with Crippen LogP contribution < -0.4 is 10.1 Å². The fourth-order valence-electron chi connectivity index (χ4n) is 2.43. The van der Waals surface area contributed by atoms with Gasteiger partial charge in [0.1, 0.15) is 11.6 Å². The van der Waals surface area contributed by atoms with Gasteiger partial charge in [-0.05, 0) is 62.4 Å². The number of thiazole rings is 1. The Balaban J connectivity index is 1.61. The van der Waals surface area contributed by atoms with E-state index in [0.717, 1.165) is 26.8 Å². The summed E-state index contributed by atoms with van der Waals surface area (Å²) in [6.07, 6.45) is 0. The van der Waals surface area contributed by atoms with Crippen LogP contribution in [0.2, 0.25) is 0 Å². The van der Waals surface area contributed by atoms with E-state index in [1.165, 1.54) is 35.2 Å². The number of carbonyl (C=O) groups excluding carboxylic acids is 1. The van der Waals surface area contributed by atoms with Gasteiger partial charge in [0.2, 0.25) is 5.91 Å². The summed E-state index contributed by atoms with van der Waals surface area (Å²) in [5, 5.41) is 3.41. The number of halogens is 1. The molecule has 27 heavy (non-hydrogen) atoms. The molecular weight excluding hydrogens is 383 g/mol. The number of aromatic nitrogens is 1. The number of nitrogens with zero attached hydrogens (tertiary/aromatic N) is 1. The maximum Gasteiger partial charge on any atom is 0.236 e. The highest BCUT2D eigenvalue weighted by atomic mass is 32.2. The van der Waals surface area contributed by atoms with Crippen LogP contribution in [0.15, 0.2) is 53.4 Å². The number of benzene rings is 2. The van der Waals surface area contributed by atoms with Gasteiger partial charge in [-0.15, -0.1) is 23.1 Å². The molecule has 0 atom stereocenters. The van der Waals surface area contributed by atoms with E-state index in [9.17, 15) is 9.18 Å². The molecule has 0 fully saturated rings. The molecule has 1 heterocycles. The molecule has 0 saturated carbocycles. The first-order chi connectivity index (χ1) is 13.0. The van der Waals surface area contributed by atoms with Gasteiger partial charge in [0, 0.05) is 15.3 Å². The van der Waals surface area contributed by atoms with Crippen LogP contribution in [0.5, 0.6) is 5.75 Å². The van der Waals surface area contributed by atoms with Gasteiger partial charge in [0.15, 0.2) is 5.13 Å². The summed E-state index contributed by atoms with van der Waals surface area (Å²) in [7, 11) is 0. The SMILES string of the molecule is CCOc1ccc(-c2nc(NC(=O)CSc3ccc(F)cc3)sc2C)cc1. The van der Waals surface area contributed by atoms with Crippen molar-refractivity contribution in [1.82, 2.24) is 4.98 Å². The first kappa shape index (κ1) is 19.4. The second-order valence-corrected chi connectivity index (χ2v) is 7.92. The Morgan fingerprint density at radius 1 is 1.19 bits per heavy atom. The smallest absolute Gasteiger partial charge is 0.236 e. The van der Waals surface area contributed by atoms with Crippen LogP contribution in [-0.4, -0.2) is 23.3 Å². The van der Waals surface area contributed by atoms with Crippen LogP contribution in [0.4, 0.5) is 9.52 Å². The Labute approximate surface area is 165 Å². The van der Waals surface area contributed by atoms with E-state index in [0.29, 0.717) is 11.7 Å². The first-order valence-electron chi connectivity index (χ1n) is 8.44. The standard InChI is InChI=1S/C20H19FN2O2S2/c1-3-25-16-8-4-14(5-9-16)19-13(2)27-20(23-19)22-18(24)12-26-17-10-6-15(21)7-11-17/h4-11H,3,12H2,1-2H3,(H,22,23,24). The minimum absolute atomic E-state index is 0.142. The molecule has 3 aromatic rings. The molecule has 1 aromatic heterocycles. The number of ether oxygens (including phenoxy) is 1. The summed E-state index contributed by atoms with van der Waals surface area (Å²) in [5.74, 6) is 0.628. The van der Waals surface area contributed by atoms with Gasteiger partial charge in [0.05, 0.1) is 18.1 Å². The zero-order valence-corrected chi connectivity index (χ0v) is 16.6. The van der Waals surface area contributed by atoms with E-state index in [2.05, 4.69) is 10.3 Å². The van der Waals surface area contributed by atoms with Gasteiger partial charge in [-0.25, -0.2) is 9.37 Å². The van der Waals surface area contributed by atoms with Gasteiger partial charge >= 0.3 is 0 Å². The average Bonchev–Trinajstić information content (AvgIpc) is 3.02. The summed E-state index contributed by atoms with van der Waals surface area (Å²) >= 11 is 2.80. The molecule has 0 bridgehead atoms. The molecule has 3 rings (SSSR count). The molecule has 2 aromatic carbocycles. The lowest BCUT2D eigenvalue weighted by atomic mass is 10.1. The highest BCUT2D eigenvalue weighted by molar-refractivity contribution is 8.00. The lowest BCUT2D eigenvalue weighted by Crippen LogP contribution is -2.13. The largest absolute Gasteiger partial charge is 0.494 e. The van der Waals surface area contributed by atoms with Gasteiger partial charge in [-0.2, -0.15) is 0 Å². The quantitative estimate of drug-likeness (QED) is 0.539. The first-order valence-corrected chi connectivity index (χ1v) is 10.2. The molecular formula is C20H19FN2O2S2. The normalized spacial score (nSPS) is 10.6. The lowest BCUT2D eigenvalue weighted by Gasteiger charge is -2.04. The van der Waals surface area contributed by atoms with E-state index in [1.807, 2.05) is 38.1 Å². The highest BCUT2D eigenvalue weighted by Gasteiger charge is 2.12. The van der Waals surface area contributed by atoms with E-state index in [-0.39, 0.29) is 17.5 Å². The fourth-order valence-corrected chi connectivity index (χ4v) is 3.98. The summed E-state index contributed by atoms with van der Waals surface area (Å²) in [6.45, 7) is 4.55. The third-order valence-corrected chi connectivity index (χ3v) is 5.56. The Morgan fingerprint density at radius 2 is 1.89 bits per heavy atom. The number of nitrogens with one attached hydrogen (secondary N) is 1. The number of hydrogen-bond acceptors (Lipinski definition) is 5. The summed E-state index contributed by atoms with van der Waals surface area (Å²) in [5.41, 5.74) is 1.83. The molecule has 0 unspecified atom stereocenters. The van der Waals surface area contributed by atoms with Crippen LogP contribution in [0.25, 0.3) is 11.3 Å². The second kappa shape index (κ2) is 9.01. The van der Waals surface area contributed by atoms with E-state index in [1.54, 1.807) is 12.1 Å². The van der Waals surface area contributed by atoms with Gasteiger partial charge in [-0.3, -0.25) is 4.79 Å². The number of carbonyl (C=O) groups is 1. The Kier molecular flexibility index (Phi) is 6.47. The predicted molar refractivity (Wildman–Crippen MR) is 109 cm³/mol. The minimum atomic E-state index is -0.288. The van der Waals surface area contributed by atoms with Crippen molar-refractivity contribution in [3.8, 4) is 17.0 Å². The van der Waals surface area contributed by atoms with Crippen LogP contribution in [0.3, 0.4) is 0 Å². The lowest BCUT2D eigenvalue weighted by molar-refractivity contribution is -0.113. The van der Waals surface area contributed by atoms with E-state index in [4.69, 9.17) is 4.74 Å². The third kappa shape index (κ3) is 5.30. The molecule has 0 spiro atoms. The molecule has 140 valence electrons. The number of rotatable bonds is 7. The van der Waals surface area contributed by atoms with Crippen LogP contribution in [0.1, 0.15) is 11.8 Å². The molecule has 1 N–H and O–H groups in total. The molecule has 0 aliphatic heterocycles. The topological polar surface area (TPSA) is 51.2 Å². The monoisotopic (exact) mass is 402 g/mol. The number of thioether (sulfide) groups is 1. The van der Waals surface area contributed by atoms with Crippen molar-refractivity contribution in [2.75, 3.05) is 17.7 Å². The number of anilines is 1. The average molecular weight is 403 g/mol. The molecule has 4 nitrogen and oxygen atoms in total. The van der Waals surface area contributed by atoms with Crippen LogP contribution >= 0.6 is 23.1 Å². The Morgan fingerprint density at radius 3 is 2.56 bits per heavy atom. The number of aryl methyl sites for hydroxylation is 1. The molecule has 0 aliphatic carbocycles. The summed E-state index contributed by atoms with van der Waals surface area (Å²) in [6, 6.07) is 13.8. The maximum atomic E-state index is 12.9. The third-order valence-electron chi connectivity index (χ3n) is 3.67. The van der Waals surface area contributed by atoms with E-state index >= 15 is 0 Å². The van der Waals surface area contributed by atoms with Crippen molar-refractivity contribution in [1.29, 1.82) is 0 Å². The summed E-state index contributed by atoms with van der Waals surface area (Å²) < 4.78 is 18.4.